The van der Waals surface area contributed by atoms with Crippen molar-refractivity contribution in [3.8, 4) is 11.5 Å². The molecular weight excluding hydrogens is 330 g/mol. The smallest absolute Gasteiger partial charge is 0.254 e. The maximum Gasteiger partial charge on any atom is 0.254 e. The molecule has 6 nitrogen and oxygen atoms in total. The SMILES string of the molecule is COc1ccc(Nc2cc(C(=O)N3CCCCCC3)ccn2)cc1OC. The number of hydrogen-bond acceptors (Lipinski definition) is 5. The zero-order valence-corrected chi connectivity index (χ0v) is 15.3. The minimum atomic E-state index is 0.0738. The molecule has 2 heterocycles. The molecule has 6 heteroatoms. The largest absolute Gasteiger partial charge is 0.493 e. The second-order valence-electron chi connectivity index (χ2n) is 6.33. The van der Waals surface area contributed by atoms with Gasteiger partial charge in [-0.05, 0) is 37.1 Å². The van der Waals surface area contributed by atoms with Gasteiger partial charge in [0.2, 0.25) is 0 Å². The molecule has 0 spiro atoms. The number of benzene rings is 1. The minimum absolute atomic E-state index is 0.0738. The van der Waals surface area contributed by atoms with Crippen LogP contribution in [0.25, 0.3) is 0 Å². The highest BCUT2D eigenvalue weighted by Crippen LogP contribution is 2.31. The molecule has 0 aliphatic carbocycles. The molecular formula is C20H25N3O3. The number of amides is 1. The van der Waals surface area contributed by atoms with Crippen LogP contribution in [0.4, 0.5) is 11.5 Å². The van der Waals surface area contributed by atoms with Crippen LogP contribution < -0.4 is 14.8 Å². The summed E-state index contributed by atoms with van der Waals surface area (Å²) >= 11 is 0. The molecule has 1 aliphatic heterocycles. The van der Waals surface area contributed by atoms with Crippen molar-refractivity contribution in [2.24, 2.45) is 0 Å². The molecule has 138 valence electrons. The van der Waals surface area contributed by atoms with Crippen molar-refractivity contribution in [1.29, 1.82) is 0 Å². The van der Waals surface area contributed by atoms with Gasteiger partial charge in [-0.15, -0.1) is 0 Å². The van der Waals surface area contributed by atoms with Crippen LogP contribution in [0.3, 0.4) is 0 Å². The van der Waals surface area contributed by atoms with Crippen LogP contribution in [0.5, 0.6) is 11.5 Å². The minimum Gasteiger partial charge on any atom is -0.493 e. The topological polar surface area (TPSA) is 63.7 Å². The third-order valence-corrected chi connectivity index (χ3v) is 4.56. The highest BCUT2D eigenvalue weighted by Gasteiger charge is 2.17. The Bertz CT molecular complexity index is 756. The van der Waals surface area contributed by atoms with Gasteiger partial charge in [0.25, 0.3) is 5.91 Å². The van der Waals surface area contributed by atoms with E-state index in [9.17, 15) is 4.79 Å². The van der Waals surface area contributed by atoms with Crippen LogP contribution in [0.2, 0.25) is 0 Å². The van der Waals surface area contributed by atoms with E-state index in [0.29, 0.717) is 22.9 Å². The van der Waals surface area contributed by atoms with E-state index in [0.717, 1.165) is 31.6 Å². The van der Waals surface area contributed by atoms with E-state index in [1.54, 1.807) is 32.5 Å². The highest BCUT2D eigenvalue weighted by molar-refractivity contribution is 5.95. The number of pyridine rings is 1. The standard InChI is InChI=1S/C20H25N3O3/c1-25-17-8-7-16(14-18(17)26-2)22-19-13-15(9-10-21-19)20(24)23-11-5-3-4-6-12-23/h7-10,13-14H,3-6,11-12H2,1-2H3,(H,21,22). The Balaban J connectivity index is 1.76. The molecule has 0 unspecified atom stereocenters. The first-order valence-corrected chi connectivity index (χ1v) is 8.95. The summed E-state index contributed by atoms with van der Waals surface area (Å²) in [5, 5.41) is 3.22. The number of ether oxygens (including phenoxy) is 2. The molecule has 1 aromatic carbocycles. The van der Waals surface area contributed by atoms with Crippen molar-refractivity contribution < 1.29 is 14.3 Å². The van der Waals surface area contributed by atoms with Gasteiger partial charge in [-0.1, -0.05) is 12.8 Å². The number of likely N-dealkylation sites (tertiary alicyclic amines) is 1. The third-order valence-electron chi connectivity index (χ3n) is 4.56. The van der Waals surface area contributed by atoms with Gasteiger partial charge in [-0.3, -0.25) is 4.79 Å². The van der Waals surface area contributed by atoms with E-state index in [4.69, 9.17) is 9.47 Å². The molecule has 3 rings (SSSR count). The zero-order valence-electron chi connectivity index (χ0n) is 15.3. The van der Waals surface area contributed by atoms with E-state index in [1.807, 2.05) is 23.1 Å². The molecule has 0 bridgehead atoms. The number of nitrogens with one attached hydrogen (secondary N) is 1. The van der Waals surface area contributed by atoms with Crippen molar-refractivity contribution in [3.63, 3.8) is 0 Å². The molecule has 0 atom stereocenters. The number of anilines is 2. The Kier molecular flexibility index (Phi) is 5.94. The first kappa shape index (κ1) is 18.0. The fraction of sp³-hybridized carbons (Fsp3) is 0.400. The number of carbonyl (C=O) groups excluding carboxylic acids is 1. The number of methoxy groups -OCH3 is 2. The summed E-state index contributed by atoms with van der Waals surface area (Å²) in [7, 11) is 3.20. The van der Waals surface area contributed by atoms with Crippen molar-refractivity contribution in [1.82, 2.24) is 9.88 Å². The maximum atomic E-state index is 12.8. The lowest BCUT2D eigenvalue weighted by atomic mass is 10.2. The van der Waals surface area contributed by atoms with E-state index < -0.39 is 0 Å². The lowest BCUT2D eigenvalue weighted by molar-refractivity contribution is 0.0761. The number of carbonyl (C=O) groups is 1. The molecule has 1 fully saturated rings. The van der Waals surface area contributed by atoms with Crippen LogP contribution in [0.15, 0.2) is 36.5 Å². The fourth-order valence-electron chi connectivity index (χ4n) is 3.15. The maximum absolute atomic E-state index is 12.8. The monoisotopic (exact) mass is 355 g/mol. The van der Waals surface area contributed by atoms with E-state index in [1.165, 1.54) is 12.8 Å². The molecule has 1 aliphatic rings. The lowest BCUT2D eigenvalue weighted by Gasteiger charge is -2.20. The second-order valence-corrected chi connectivity index (χ2v) is 6.33. The van der Waals surface area contributed by atoms with Crippen LogP contribution in [0, 0.1) is 0 Å². The average Bonchev–Trinajstić information content (AvgIpc) is 2.97. The van der Waals surface area contributed by atoms with Crippen molar-refractivity contribution in [3.05, 3.63) is 42.1 Å². The molecule has 1 aromatic heterocycles. The molecule has 2 aromatic rings. The number of nitrogens with zero attached hydrogens (tertiary/aromatic N) is 2. The van der Waals surface area contributed by atoms with Crippen LogP contribution in [-0.2, 0) is 0 Å². The molecule has 26 heavy (non-hydrogen) atoms. The van der Waals surface area contributed by atoms with Crippen LogP contribution in [-0.4, -0.2) is 43.1 Å². The van der Waals surface area contributed by atoms with Gasteiger partial charge in [0.1, 0.15) is 5.82 Å². The first-order valence-electron chi connectivity index (χ1n) is 8.95. The van der Waals surface area contributed by atoms with Gasteiger partial charge >= 0.3 is 0 Å². The van der Waals surface area contributed by atoms with Gasteiger partial charge in [-0.2, -0.15) is 0 Å². The highest BCUT2D eigenvalue weighted by atomic mass is 16.5. The van der Waals surface area contributed by atoms with Crippen molar-refractivity contribution in [2.45, 2.75) is 25.7 Å². The van der Waals surface area contributed by atoms with Crippen molar-refractivity contribution >= 4 is 17.4 Å². The molecule has 0 radical (unpaired) electrons. The van der Waals surface area contributed by atoms with Crippen molar-refractivity contribution in [2.75, 3.05) is 32.6 Å². The lowest BCUT2D eigenvalue weighted by Crippen LogP contribution is -2.31. The normalized spacial score (nSPS) is 14.5. The fourth-order valence-corrected chi connectivity index (χ4v) is 3.15. The third kappa shape index (κ3) is 4.25. The van der Waals surface area contributed by atoms with E-state index >= 15 is 0 Å². The summed E-state index contributed by atoms with van der Waals surface area (Å²) in [5.74, 6) is 1.99. The summed E-state index contributed by atoms with van der Waals surface area (Å²) in [6, 6.07) is 9.11. The van der Waals surface area contributed by atoms with Gasteiger partial charge < -0.3 is 19.7 Å². The predicted octanol–water partition coefficient (Wildman–Crippen LogP) is 3.86. The second kappa shape index (κ2) is 8.56. The Morgan fingerprint density at radius 3 is 2.42 bits per heavy atom. The summed E-state index contributed by atoms with van der Waals surface area (Å²) < 4.78 is 10.6. The first-order chi connectivity index (χ1) is 12.7. The summed E-state index contributed by atoms with van der Waals surface area (Å²) in [6.45, 7) is 1.67. The predicted molar refractivity (Wildman–Crippen MR) is 101 cm³/mol. The Hall–Kier alpha value is -2.76. The van der Waals surface area contributed by atoms with Crippen LogP contribution in [0.1, 0.15) is 36.0 Å². The number of rotatable bonds is 5. The van der Waals surface area contributed by atoms with Gasteiger partial charge in [0, 0.05) is 36.6 Å². The number of hydrogen-bond donors (Lipinski definition) is 1. The Morgan fingerprint density at radius 1 is 1.00 bits per heavy atom. The van der Waals surface area contributed by atoms with Gasteiger partial charge in [0.15, 0.2) is 11.5 Å². The molecule has 1 saturated heterocycles. The van der Waals surface area contributed by atoms with Gasteiger partial charge in [0.05, 0.1) is 14.2 Å². The zero-order chi connectivity index (χ0) is 18.4. The molecule has 0 saturated carbocycles. The van der Waals surface area contributed by atoms with Gasteiger partial charge in [-0.25, -0.2) is 4.98 Å². The van der Waals surface area contributed by atoms with E-state index in [2.05, 4.69) is 10.3 Å². The van der Waals surface area contributed by atoms with E-state index in [-0.39, 0.29) is 5.91 Å². The van der Waals surface area contributed by atoms with Crippen LogP contribution >= 0.6 is 0 Å². The molecule has 1 N–H and O–H groups in total. The Morgan fingerprint density at radius 2 is 1.73 bits per heavy atom. The summed E-state index contributed by atoms with van der Waals surface area (Å²) in [6.07, 6.45) is 6.22. The molecule has 1 amide bonds. The summed E-state index contributed by atoms with van der Waals surface area (Å²) in [4.78, 5) is 19.0. The summed E-state index contributed by atoms with van der Waals surface area (Å²) in [5.41, 5.74) is 1.47. The average molecular weight is 355 g/mol. The number of aromatic nitrogens is 1. The Labute approximate surface area is 154 Å². The quantitative estimate of drug-likeness (QED) is 0.882.